The molecule has 0 amide bonds. The van der Waals surface area contributed by atoms with Crippen molar-refractivity contribution in [3.05, 3.63) is 97.6 Å². The second-order valence-corrected chi connectivity index (χ2v) is 8.77. The Bertz CT molecular complexity index is 862. The minimum atomic E-state index is -0.830. The molecule has 0 spiro atoms. The van der Waals surface area contributed by atoms with E-state index >= 15 is 0 Å². The molecular formula is C24H28B2N4Ni. The maximum Gasteiger partial charge on any atom is 2.00 e. The largest absolute Gasteiger partial charge is 2.00 e. The molecule has 7 heteroatoms. The summed E-state index contributed by atoms with van der Waals surface area (Å²) >= 11 is 0. The van der Waals surface area contributed by atoms with Crippen LogP contribution in [-0.4, -0.2) is 32.2 Å². The predicted octanol–water partition coefficient (Wildman–Crippen LogP) is 2.60. The first-order chi connectivity index (χ1) is 14.4. The van der Waals surface area contributed by atoms with Crippen molar-refractivity contribution in [2.24, 2.45) is 0 Å². The molecule has 4 heterocycles. The van der Waals surface area contributed by atoms with E-state index < -0.39 is 12.3 Å². The third-order valence-electron chi connectivity index (χ3n) is 5.71. The Balaban J connectivity index is 0.000000213. The first-order valence-electron chi connectivity index (χ1n) is 10.5. The van der Waals surface area contributed by atoms with Crippen LogP contribution >= 0.6 is 0 Å². The number of hydrogen-bond donors (Lipinski definition) is 0. The molecule has 0 N–H and O–H groups in total. The number of pyridine rings is 4. The van der Waals surface area contributed by atoms with Crippen LogP contribution in [0.2, 0.25) is 27.3 Å². The van der Waals surface area contributed by atoms with Gasteiger partial charge in [-0.3, -0.25) is 0 Å². The zero-order chi connectivity index (χ0) is 21.5. The maximum absolute atomic E-state index is 4.41. The Morgan fingerprint density at radius 3 is 0.806 bits per heavy atom. The summed E-state index contributed by atoms with van der Waals surface area (Å²) < 4.78 is 0. The monoisotopic (exact) mass is 452 g/mol. The topological polar surface area (TPSA) is 51.6 Å². The molecule has 0 radical (unpaired) electrons. The molecule has 0 aliphatic heterocycles. The fraction of sp³-hybridized carbons (Fsp3) is 0.167. The summed E-state index contributed by atoms with van der Waals surface area (Å²) in [5.74, 6) is 0. The molecule has 0 aliphatic rings. The molecule has 160 valence electrons. The van der Waals surface area contributed by atoms with E-state index in [4.69, 9.17) is 0 Å². The van der Waals surface area contributed by atoms with Gasteiger partial charge in [0.1, 0.15) is 0 Å². The number of rotatable bonds is 4. The molecule has 0 fully saturated rings. The van der Waals surface area contributed by atoms with E-state index in [1.165, 1.54) is 0 Å². The zero-order valence-electron chi connectivity index (χ0n) is 18.5. The smallest absolute Gasteiger partial charge is 0.303 e. The van der Waals surface area contributed by atoms with Gasteiger partial charge in [-0.25, -0.2) is 0 Å². The van der Waals surface area contributed by atoms with E-state index in [2.05, 4.69) is 71.5 Å². The molecule has 0 aliphatic carbocycles. The van der Waals surface area contributed by atoms with Gasteiger partial charge >= 0.3 is 16.5 Å². The Morgan fingerprint density at radius 1 is 0.419 bits per heavy atom. The molecule has 4 rings (SSSR count). The van der Waals surface area contributed by atoms with Gasteiger partial charge in [0.05, 0.1) is 12.3 Å². The van der Waals surface area contributed by atoms with Crippen molar-refractivity contribution in [1.29, 1.82) is 0 Å². The van der Waals surface area contributed by atoms with Crippen molar-refractivity contribution in [2.75, 3.05) is 0 Å². The summed E-state index contributed by atoms with van der Waals surface area (Å²) in [5.41, 5.74) is 4.43. The van der Waals surface area contributed by atoms with Crippen molar-refractivity contribution in [3.63, 3.8) is 0 Å². The van der Waals surface area contributed by atoms with Crippen LogP contribution in [0.5, 0.6) is 0 Å². The van der Waals surface area contributed by atoms with Gasteiger partial charge in [-0.2, -0.15) is 27.3 Å². The van der Waals surface area contributed by atoms with Crippen LogP contribution in [0, 0.1) is 0 Å². The molecular weight excluding hydrogens is 425 g/mol. The summed E-state index contributed by atoms with van der Waals surface area (Å²) in [4.78, 5) is 17.7. The van der Waals surface area contributed by atoms with E-state index in [1.807, 2.05) is 73.3 Å². The average molecular weight is 453 g/mol. The maximum atomic E-state index is 4.41. The quantitative estimate of drug-likeness (QED) is 0.447. The number of aromatic nitrogens is 4. The zero-order valence-corrected chi connectivity index (χ0v) is 19.5. The SMILES string of the molecule is C[B-](C)(c1ccccn1)c1ccccn1.C[B-](C)(c1ccccn1)c1ccccn1.[Ni+2]. The van der Waals surface area contributed by atoms with Gasteiger partial charge in [0, 0.05) is 24.8 Å². The molecule has 0 saturated heterocycles. The predicted molar refractivity (Wildman–Crippen MR) is 130 cm³/mol. The molecule has 4 aromatic rings. The number of nitrogens with zero attached hydrogens (tertiary/aromatic N) is 4. The van der Waals surface area contributed by atoms with E-state index in [-0.39, 0.29) is 16.5 Å². The van der Waals surface area contributed by atoms with Gasteiger partial charge in [0.2, 0.25) is 0 Å². The number of hydrogen-bond acceptors (Lipinski definition) is 4. The Morgan fingerprint density at radius 2 is 0.645 bits per heavy atom. The van der Waals surface area contributed by atoms with Crippen LogP contribution in [0.3, 0.4) is 0 Å². The van der Waals surface area contributed by atoms with Gasteiger partial charge < -0.3 is 19.9 Å². The van der Waals surface area contributed by atoms with Crippen molar-refractivity contribution in [3.8, 4) is 0 Å². The van der Waals surface area contributed by atoms with Crippen molar-refractivity contribution in [1.82, 2.24) is 19.9 Å². The van der Waals surface area contributed by atoms with E-state index in [9.17, 15) is 0 Å². The fourth-order valence-electron chi connectivity index (χ4n) is 3.51. The summed E-state index contributed by atoms with van der Waals surface area (Å²) in [6.07, 6.45) is 5.68. The van der Waals surface area contributed by atoms with Gasteiger partial charge in [-0.15, -0.1) is 22.4 Å². The van der Waals surface area contributed by atoms with Crippen LogP contribution in [0.15, 0.2) is 97.6 Å². The van der Waals surface area contributed by atoms with E-state index in [1.54, 1.807) is 0 Å². The minimum absolute atomic E-state index is 0. The van der Waals surface area contributed by atoms with Crippen LogP contribution in [-0.2, 0) is 16.5 Å². The van der Waals surface area contributed by atoms with Gasteiger partial charge in [0.25, 0.3) is 0 Å². The van der Waals surface area contributed by atoms with Crippen LogP contribution < -0.4 is 22.4 Å². The molecule has 0 atom stereocenters. The summed E-state index contributed by atoms with van der Waals surface area (Å²) in [5, 5.41) is 0. The Kier molecular flexibility index (Phi) is 8.70. The van der Waals surface area contributed by atoms with Gasteiger partial charge in [-0.05, 0) is 24.3 Å². The molecule has 0 bridgehead atoms. The molecule has 31 heavy (non-hydrogen) atoms. The van der Waals surface area contributed by atoms with Crippen molar-refractivity contribution < 1.29 is 16.5 Å². The van der Waals surface area contributed by atoms with Gasteiger partial charge in [0.15, 0.2) is 0 Å². The van der Waals surface area contributed by atoms with Gasteiger partial charge in [-0.1, -0.05) is 48.5 Å². The summed E-state index contributed by atoms with van der Waals surface area (Å²) in [6.45, 7) is 8.80. The normalized spacial score (nSPS) is 11.0. The first kappa shape index (κ1) is 24.5. The van der Waals surface area contributed by atoms with Crippen molar-refractivity contribution in [2.45, 2.75) is 27.3 Å². The average Bonchev–Trinajstić information content (AvgIpc) is 2.82. The van der Waals surface area contributed by atoms with Crippen molar-refractivity contribution >= 4 is 34.7 Å². The fourth-order valence-corrected chi connectivity index (χ4v) is 3.51. The van der Waals surface area contributed by atoms with Crippen LogP contribution in [0.4, 0.5) is 0 Å². The first-order valence-corrected chi connectivity index (χ1v) is 10.5. The Labute approximate surface area is 195 Å². The second-order valence-electron chi connectivity index (χ2n) is 8.77. The minimum Gasteiger partial charge on any atom is -0.303 e. The molecule has 0 saturated carbocycles. The summed E-state index contributed by atoms with van der Waals surface area (Å²) in [6, 6.07) is 24.1. The standard InChI is InChI=1S/2C12H14BN2.Ni/c2*1-13(2,11-7-3-5-9-14-11)12-8-4-6-10-15-12;/h2*3-10H,1-2H3;/q2*-1;+2. The Hall–Kier alpha value is -2.78. The molecule has 0 unspecified atom stereocenters. The molecule has 0 aromatic carbocycles. The van der Waals surface area contributed by atoms with E-state index in [0.29, 0.717) is 0 Å². The third kappa shape index (κ3) is 6.11. The van der Waals surface area contributed by atoms with E-state index in [0.717, 1.165) is 22.4 Å². The second kappa shape index (κ2) is 11.0. The molecule has 4 aromatic heterocycles. The third-order valence-corrected chi connectivity index (χ3v) is 5.71. The summed E-state index contributed by atoms with van der Waals surface area (Å²) in [7, 11) is 0. The van der Waals surface area contributed by atoms with Crippen LogP contribution in [0.1, 0.15) is 0 Å². The van der Waals surface area contributed by atoms with Crippen LogP contribution in [0.25, 0.3) is 0 Å². The molecule has 4 nitrogen and oxygen atoms in total.